The van der Waals surface area contributed by atoms with Crippen molar-refractivity contribution in [3.05, 3.63) is 16.1 Å². The molecule has 2 rings (SSSR count). The Bertz CT molecular complexity index is 300. The molecule has 0 spiro atoms. The predicted octanol–water partition coefficient (Wildman–Crippen LogP) is 2.30. The lowest BCUT2D eigenvalue weighted by atomic mass is 10.1. The second-order valence-electron chi connectivity index (χ2n) is 4.37. The van der Waals surface area contributed by atoms with Gasteiger partial charge < -0.3 is 5.73 Å². The number of hydrogen-bond donors (Lipinski definition) is 1. The van der Waals surface area contributed by atoms with Crippen molar-refractivity contribution >= 4 is 11.3 Å². The third-order valence-electron chi connectivity index (χ3n) is 2.49. The van der Waals surface area contributed by atoms with E-state index in [0.717, 1.165) is 6.42 Å². The second kappa shape index (κ2) is 3.07. The van der Waals surface area contributed by atoms with Gasteiger partial charge in [-0.25, -0.2) is 4.98 Å². The van der Waals surface area contributed by atoms with Gasteiger partial charge in [-0.1, -0.05) is 13.8 Å². The number of aromatic nitrogens is 1. The average Bonchev–Trinajstić information content (AvgIpc) is 2.62. The summed E-state index contributed by atoms with van der Waals surface area (Å²) in [5.74, 6) is 0.548. The Balaban J connectivity index is 2.05. The Labute approximate surface area is 83.2 Å². The van der Waals surface area contributed by atoms with Crippen molar-refractivity contribution in [2.24, 2.45) is 5.73 Å². The van der Waals surface area contributed by atoms with E-state index >= 15 is 0 Å². The van der Waals surface area contributed by atoms with Crippen LogP contribution in [0.3, 0.4) is 0 Å². The molecule has 1 aliphatic rings. The summed E-state index contributed by atoms with van der Waals surface area (Å²) in [6.07, 6.45) is 3.30. The van der Waals surface area contributed by atoms with Crippen LogP contribution in [0, 0.1) is 0 Å². The van der Waals surface area contributed by atoms with E-state index in [0.29, 0.717) is 5.92 Å². The van der Waals surface area contributed by atoms with Crippen molar-refractivity contribution in [2.45, 2.75) is 44.6 Å². The van der Waals surface area contributed by atoms with Crippen LogP contribution >= 0.6 is 11.3 Å². The van der Waals surface area contributed by atoms with Crippen molar-refractivity contribution in [3.8, 4) is 0 Å². The summed E-state index contributed by atoms with van der Waals surface area (Å²) < 4.78 is 0. The summed E-state index contributed by atoms with van der Waals surface area (Å²) in [6.45, 7) is 4.36. The quantitative estimate of drug-likeness (QED) is 0.805. The van der Waals surface area contributed by atoms with Gasteiger partial charge in [-0.15, -0.1) is 11.3 Å². The van der Waals surface area contributed by atoms with Crippen LogP contribution in [0.5, 0.6) is 0 Å². The molecular weight excluding hydrogens is 180 g/mol. The van der Waals surface area contributed by atoms with E-state index in [-0.39, 0.29) is 5.54 Å². The van der Waals surface area contributed by atoms with Gasteiger partial charge in [0.05, 0.1) is 10.7 Å². The lowest BCUT2D eigenvalue weighted by molar-refractivity contribution is 0.658. The monoisotopic (exact) mass is 196 g/mol. The zero-order valence-electron chi connectivity index (χ0n) is 8.21. The van der Waals surface area contributed by atoms with Crippen LogP contribution < -0.4 is 5.73 Å². The minimum Gasteiger partial charge on any atom is -0.325 e. The number of nitrogens with two attached hydrogens (primary N) is 1. The van der Waals surface area contributed by atoms with Crippen LogP contribution in [-0.4, -0.2) is 10.5 Å². The molecule has 0 aliphatic heterocycles. The fourth-order valence-electron chi connectivity index (χ4n) is 1.37. The molecule has 13 heavy (non-hydrogen) atoms. The van der Waals surface area contributed by atoms with Gasteiger partial charge in [0.25, 0.3) is 0 Å². The highest BCUT2D eigenvalue weighted by Crippen LogP contribution is 2.36. The Kier molecular flexibility index (Phi) is 2.16. The molecule has 0 unspecified atom stereocenters. The third kappa shape index (κ3) is 2.09. The summed E-state index contributed by atoms with van der Waals surface area (Å²) >= 11 is 1.76. The van der Waals surface area contributed by atoms with Crippen molar-refractivity contribution in [3.63, 3.8) is 0 Å². The van der Waals surface area contributed by atoms with Crippen LogP contribution in [-0.2, 0) is 6.42 Å². The van der Waals surface area contributed by atoms with Crippen molar-refractivity contribution in [2.75, 3.05) is 0 Å². The lowest BCUT2D eigenvalue weighted by Gasteiger charge is -2.04. The molecule has 1 heterocycles. The normalized spacial score (nSPS) is 19.4. The Hall–Kier alpha value is -0.410. The van der Waals surface area contributed by atoms with E-state index in [1.54, 1.807) is 11.3 Å². The molecule has 2 nitrogen and oxygen atoms in total. The fourth-order valence-corrected chi connectivity index (χ4v) is 2.20. The van der Waals surface area contributed by atoms with Crippen LogP contribution in [0.25, 0.3) is 0 Å². The van der Waals surface area contributed by atoms with Gasteiger partial charge in [-0.05, 0) is 12.8 Å². The van der Waals surface area contributed by atoms with E-state index < -0.39 is 0 Å². The van der Waals surface area contributed by atoms with Crippen LogP contribution in [0.2, 0.25) is 0 Å². The number of thiazole rings is 1. The molecule has 0 atom stereocenters. The second-order valence-corrected chi connectivity index (χ2v) is 5.26. The summed E-state index contributed by atoms with van der Waals surface area (Å²) in [4.78, 5) is 4.57. The molecule has 0 radical (unpaired) electrons. The van der Waals surface area contributed by atoms with Crippen molar-refractivity contribution in [1.29, 1.82) is 0 Å². The van der Waals surface area contributed by atoms with Crippen LogP contribution in [0.15, 0.2) is 5.38 Å². The minimum atomic E-state index is 0.0995. The molecule has 0 bridgehead atoms. The third-order valence-corrected chi connectivity index (χ3v) is 3.68. The molecule has 0 saturated heterocycles. The van der Waals surface area contributed by atoms with E-state index in [1.165, 1.54) is 23.5 Å². The first-order valence-electron chi connectivity index (χ1n) is 4.82. The first-order chi connectivity index (χ1) is 6.09. The molecule has 72 valence electrons. The molecule has 1 saturated carbocycles. The molecule has 1 aromatic heterocycles. The molecule has 1 aliphatic carbocycles. The predicted molar refractivity (Wildman–Crippen MR) is 56.1 cm³/mol. The molecule has 1 fully saturated rings. The SMILES string of the molecule is CC(C)c1nc(CC2(N)CC2)cs1. The van der Waals surface area contributed by atoms with E-state index in [9.17, 15) is 0 Å². The molecule has 0 amide bonds. The average molecular weight is 196 g/mol. The van der Waals surface area contributed by atoms with Crippen LogP contribution in [0.4, 0.5) is 0 Å². The fraction of sp³-hybridized carbons (Fsp3) is 0.700. The van der Waals surface area contributed by atoms with Crippen molar-refractivity contribution in [1.82, 2.24) is 4.98 Å². The topological polar surface area (TPSA) is 38.9 Å². The van der Waals surface area contributed by atoms with E-state index in [4.69, 9.17) is 5.73 Å². The zero-order chi connectivity index (χ0) is 9.47. The molecule has 3 heteroatoms. The number of rotatable bonds is 3. The van der Waals surface area contributed by atoms with E-state index in [2.05, 4.69) is 24.2 Å². The van der Waals surface area contributed by atoms with Gasteiger partial charge in [-0.3, -0.25) is 0 Å². The molecular formula is C10H16N2S. The molecule has 0 aromatic carbocycles. The lowest BCUT2D eigenvalue weighted by Crippen LogP contribution is -2.24. The Morgan fingerprint density at radius 2 is 2.31 bits per heavy atom. The largest absolute Gasteiger partial charge is 0.325 e. The van der Waals surface area contributed by atoms with Gasteiger partial charge in [0.1, 0.15) is 0 Å². The van der Waals surface area contributed by atoms with Gasteiger partial charge in [0.2, 0.25) is 0 Å². The highest BCUT2D eigenvalue weighted by molar-refractivity contribution is 7.09. The summed E-state index contributed by atoms with van der Waals surface area (Å²) in [6, 6.07) is 0. The summed E-state index contributed by atoms with van der Waals surface area (Å²) in [5, 5.41) is 3.39. The maximum atomic E-state index is 6.03. The van der Waals surface area contributed by atoms with Gasteiger partial charge in [0, 0.05) is 23.3 Å². The highest BCUT2D eigenvalue weighted by atomic mass is 32.1. The van der Waals surface area contributed by atoms with E-state index in [1.807, 2.05) is 0 Å². The Morgan fingerprint density at radius 1 is 1.62 bits per heavy atom. The van der Waals surface area contributed by atoms with Gasteiger partial charge >= 0.3 is 0 Å². The highest BCUT2D eigenvalue weighted by Gasteiger charge is 2.38. The van der Waals surface area contributed by atoms with Gasteiger partial charge in [0.15, 0.2) is 0 Å². The Morgan fingerprint density at radius 3 is 2.77 bits per heavy atom. The van der Waals surface area contributed by atoms with Crippen molar-refractivity contribution < 1.29 is 0 Å². The first kappa shape index (κ1) is 9.16. The minimum absolute atomic E-state index is 0.0995. The summed E-state index contributed by atoms with van der Waals surface area (Å²) in [5.41, 5.74) is 7.32. The smallest absolute Gasteiger partial charge is 0.0953 e. The maximum absolute atomic E-state index is 6.03. The zero-order valence-corrected chi connectivity index (χ0v) is 9.03. The number of nitrogens with zero attached hydrogens (tertiary/aromatic N) is 1. The number of hydrogen-bond acceptors (Lipinski definition) is 3. The molecule has 1 aromatic rings. The maximum Gasteiger partial charge on any atom is 0.0953 e. The standard InChI is InChI=1S/C10H16N2S/c1-7(2)9-12-8(6-13-9)5-10(11)3-4-10/h6-7H,3-5,11H2,1-2H3. The first-order valence-corrected chi connectivity index (χ1v) is 5.70. The molecule has 2 N–H and O–H groups in total. The van der Waals surface area contributed by atoms with Crippen LogP contribution in [0.1, 0.15) is 43.3 Å². The summed E-state index contributed by atoms with van der Waals surface area (Å²) in [7, 11) is 0. The van der Waals surface area contributed by atoms with Gasteiger partial charge in [-0.2, -0.15) is 0 Å².